The molecule has 1 atom stereocenters. The SMILES string of the molecule is CCS(=O)c1ncc(C(C)C)n1C. The Kier molecular flexibility index (Phi) is 3.25. The lowest BCUT2D eigenvalue weighted by atomic mass is 10.1. The van der Waals surface area contributed by atoms with E-state index in [9.17, 15) is 4.21 Å². The molecule has 0 aromatic carbocycles. The quantitative estimate of drug-likeness (QED) is 0.744. The summed E-state index contributed by atoms with van der Waals surface area (Å²) in [6, 6.07) is 0. The maximum atomic E-state index is 11.5. The topological polar surface area (TPSA) is 34.9 Å². The maximum Gasteiger partial charge on any atom is 0.198 e. The minimum absolute atomic E-state index is 0.431. The summed E-state index contributed by atoms with van der Waals surface area (Å²) in [4.78, 5) is 4.17. The highest BCUT2D eigenvalue weighted by atomic mass is 32.2. The maximum absolute atomic E-state index is 11.5. The van der Waals surface area contributed by atoms with Crippen LogP contribution in [0.3, 0.4) is 0 Å². The number of aromatic nitrogens is 2. The monoisotopic (exact) mass is 200 g/mol. The van der Waals surface area contributed by atoms with Gasteiger partial charge in [0.1, 0.15) is 0 Å². The molecule has 0 aliphatic carbocycles. The molecule has 1 rings (SSSR count). The number of hydrogen-bond donors (Lipinski definition) is 0. The minimum atomic E-state index is -0.946. The van der Waals surface area contributed by atoms with Crippen LogP contribution in [-0.4, -0.2) is 19.5 Å². The largest absolute Gasteiger partial charge is 0.324 e. The predicted molar refractivity (Wildman–Crippen MR) is 54.2 cm³/mol. The zero-order valence-corrected chi connectivity index (χ0v) is 9.39. The fourth-order valence-corrected chi connectivity index (χ4v) is 2.12. The smallest absolute Gasteiger partial charge is 0.198 e. The van der Waals surface area contributed by atoms with Gasteiger partial charge in [0.15, 0.2) is 5.16 Å². The van der Waals surface area contributed by atoms with Gasteiger partial charge in [-0.1, -0.05) is 20.8 Å². The highest BCUT2D eigenvalue weighted by Crippen LogP contribution is 2.16. The molecular weight excluding hydrogens is 184 g/mol. The summed E-state index contributed by atoms with van der Waals surface area (Å²) in [6.45, 7) is 6.12. The molecule has 0 aliphatic rings. The van der Waals surface area contributed by atoms with Crippen molar-refractivity contribution in [3.8, 4) is 0 Å². The van der Waals surface area contributed by atoms with Crippen molar-refractivity contribution in [2.75, 3.05) is 5.75 Å². The molecule has 1 aromatic rings. The molecule has 0 amide bonds. The van der Waals surface area contributed by atoms with Crippen LogP contribution in [0.1, 0.15) is 32.4 Å². The molecule has 4 heteroatoms. The van der Waals surface area contributed by atoms with E-state index in [1.165, 1.54) is 0 Å². The van der Waals surface area contributed by atoms with Gasteiger partial charge in [-0.3, -0.25) is 4.21 Å². The lowest BCUT2D eigenvalue weighted by Crippen LogP contribution is -2.06. The lowest BCUT2D eigenvalue weighted by molar-refractivity contribution is 0.650. The first-order chi connectivity index (χ1) is 6.07. The van der Waals surface area contributed by atoms with E-state index in [2.05, 4.69) is 18.8 Å². The highest BCUT2D eigenvalue weighted by Gasteiger charge is 2.12. The summed E-state index contributed by atoms with van der Waals surface area (Å²) in [6.07, 6.45) is 1.81. The van der Waals surface area contributed by atoms with Crippen molar-refractivity contribution in [2.24, 2.45) is 7.05 Å². The van der Waals surface area contributed by atoms with E-state index >= 15 is 0 Å². The molecule has 0 aliphatic heterocycles. The van der Waals surface area contributed by atoms with E-state index in [1.54, 1.807) is 0 Å². The van der Waals surface area contributed by atoms with E-state index in [4.69, 9.17) is 0 Å². The first kappa shape index (κ1) is 10.4. The molecule has 1 unspecified atom stereocenters. The number of rotatable bonds is 3. The molecule has 0 bridgehead atoms. The zero-order chi connectivity index (χ0) is 10.0. The summed E-state index contributed by atoms with van der Waals surface area (Å²) in [5.74, 6) is 1.06. The van der Waals surface area contributed by atoms with E-state index in [0.29, 0.717) is 16.8 Å². The Balaban J connectivity index is 3.06. The third-order valence-electron chi connectivity index (χ3n) is 2.04. The summed E-state index contributed by atoms with van der Waals surface area (Å²) in [5, 5.41) is 0.686. The van der Waals surface area contributed by atoms with Crippen molar-refractivity contribution in [1.82, 2.24) is 9.55 Å². The van der Waals surface area contributed by atoms with Crippen molar-refractivity contribution >= 4 is 10.8 Å². The molecule has 74 valence electrons. The summed E-state index contributed by atoms with van der Waals surface area (Å²) < 4.78 is 13.4. The van der Waals surface area contributed by atoms with Crippen LogP contribution in [0.15, 0.2) is 11.4 Å². The average molecular weight is 200 g/mol. The Hall–Kier alpha value is -0.640. The van der Waals surface area contributed by atoms with Crippen molar-refractivity contribution in [3.05, 3.63) is 11.9 Å². The van der Waals surface area contributed by atoms with Gasteiger partial charge in [0.25, 0.3) is 0 Å². The molecule has 3 nitrogen and oxygen atoms in total. The molecule has 0 radical (unpaired) electrons. The predicted octanol–water partition coefficient (Wildman–Crippen LogP) is 1.67. The van der Waals surface area contributed by atoms with Crippen LogP contribution in [0, 0.1) is 0 Å². The first-order valence-electron chi connectivity index (χ1n) is 4.47. The van der Waals surface area contributed by atoms with Crippen LogP contribution in [-0.2, 0) is 17.8 Å². The number of hydrogen-bond acceptors (Lipinski definition) is 2. The lowest BCUT2D eigenvalue weighted by Gasteiger charge is -2.06. The summed E-state index contributed by atoms with van der Waals surface area (Å²) in [5.41, 5.74) is 1.14. The molecular formula is C9H16N2OS. The molecule has 13 heavy (non-hydrogen) atoms. The van der Waals surface area contributed by atoms with Gasteiger partial charge in [-0.2, -0.15) is 0 Å². The Morgan fingerprint density at radius 2 is 2.23 bits per heavy atom. The van der Waals surface area contributed by atoms with Crippen molar-refractivity contribution in [1.29, 1.82) is 0 Å². The molecule has 0 N–H and O–H groups in total. The van der Waals surface area contributed by atoms with Gasteiger partial charge in [-0.05, 0) is 5.92 Å². The normalized spacial score (nSPS) is 13.6. The molecule has 0 spiro atoms. The third-order valence-corrected chi connectivity index (χ3v) is 3.35. The van der Waals surface area contributed by atoms with E-state index in [-0.39, 0.29) is 0 Å². The van der Waals surface area contributed by atoms with Gasteiger partial charge in [0.2, 0.25) is 0 Å². The Labute approximate surface area is 81.6 Å². The molecule has 0 fully saturated rings. The van der Waals surface area contributed by atoms with Gasteiger partial charge in [-0.25, -0.2) is 4.98 Å². The van der Waals surface area contributed by atoms with Crippen LogP contribution in [0.4, 0.5) is 0 Å². The van der Waals surface area contributed by atoms with Gasteiger partial charge in [0.05, 0.1) is 10.8 Å². The summed E-state index contributed by atoms with van der Waals surface area (Å²) in [7, 11) is 0.976. The van der Waals surface area contributed by atoms with Gasteiger partial charge in [-0.15, -0.1) is 0 Å². The van der Waals surface area contributed by atoms with E-state index in [0.717, 1.165) is 5.69 Å². The zero-order valence-electron chi connectivity index (χ0n) is 8.57. The third kappa shape index (κ3) is 1.99. The standard InChI is InChI=1S/C9H16N2OS/c1-5-13(12)9-10-6-8(7(2)3)11(9)4/h6-7H,5H2,1-4H3. The number of nitrogens with zero attached hydrogens (tertiary/aromatic N) is 2. The van der Waals surface area contributed by atoms with Crippen molar-refractivity contribution in [2.45, 2.75) is 31.8 Å². The van der Waals surface area contributed by atoms with Gasteiger partial charge in [0, 0.05) is 24.7 Å². The van der Waals surface area contributed by atoms with Crippen molar-refractivity contribution < 1.29 is 4.21 Å². The Morgan fingerprint density at radius 1 is 1.62 bits per heavy atom. The van der Waals surface area contributed by atoms with Gasteiger partial charge >= 0.3 is 0 Å². The molecule has 0 saturated heterocycles. The molecule has 1 heterocycles. The fourth-order valence-electron chi connectivity index (χ4n) is 1.28. The Morgan fingerprint density at radius 3 is 2.62 bits per heavy atom. The second kappa shape index (κ2) is 4.05. The van der Waals surface area contributed by atoms with Crippen LogP contribution in [0.2, 0.25) is 0 Å². The van der Waals surface area contributed by atoms with Crippen LogP contribution < -0.4 is 0 Å². The molecule has 1 aromatic heterocycles. The van der Waals surface area contributed by atoms with Crippen molar-refractivity contribution in [3.63, 3.8) is 0 Å². The van der Waals surface area contributed by atoms with Crippen LogP contribution in [0.5, 0.6) is 0 Å². The summed E-state index contributed by atoms with van der Waals surface area (Å²) >= 11 is 0. The van der Waals surface area contributed by atoms with Gasteiger partial charge < -0.3 is 4.57 Å². The average Bonchev–Trinajstić information content (AvgIpc) is 2.46. The number of imidazole rings is 1. The first-order valence-corrected chi connectivity index (χ1v) is 5.79. The molecule has 0 saturated carbocycles. The van der Waals surface area contributed by atoms with Crippen LogP contribution in [0.25, 0.3) is 0 Å². The van der Waals surface area contributed by atoms with Crippen LogP contribution >= 0.6 is 0 Å². The van der Waals surface area contributed by atoms with E-state index < -0.39 is 10.8 Å². The minimum Gasteiger partial charge on any atom is -0.324 e. The second-order valence-electron chi connectivity index (χ2n) is 3.31. The Bertz CT molecular complexity index is 317. The highest BCUT2D eigenvalue weighted by molar-refractivity contribution is 7.84. The fraction of sp³-hybridized carbons (Fsp3) is 0.667. The van der Waals surface area contributed by atoms with E-state index in [1.807, 2.05) is 24.7 Å². The second-order valence-corrected chi connectivity index (χ2v) is 4.95.